The second-order valence-corrected chi connectivity index (χ2v) is 4.66. The highest BCUT2D eigenvalue weighted by molar-refractivity contribution is 6.32. The van der Waals surface area contributed by atoms with Crippen molar-refractivity contribution in [1.29, 1.82) is 5.26 Å². The molecule has 0 aliphatic heterocycles. The molecule has 0 unspecified atom stereocenters. The molecule has 2 rings (SSSR count). The number of carbonyl (C=O) groups is 1. The molecule has 1 amide bonds. The van der Waals surface area contributed by atoms with Gasteiger partial charge in [0.15, 0.2) is 5.69 Å². The SMILES string of the molecule is N#Cc1ccc(NC(=O)Cn2ccc(C(F)(F)F)n2)cc1Cl. The van der Waals surface area contributed by atoms with E-state index in [1.54, 1.807) is 0 Å². The number of benzene rings is 1. The average Bonchev–Trinajstić information content (AvgIpc) is 2.87. The highest BCUT2D eigenvalue weighted by Gasteiger charge is 2.33. The lowest BCUT2D eigenvalue weighted by molar-refractivity contribution is -0.141. The van der Waals surface area contributed by atoms with Crippen LogP contribution in [0.3, 0.4) is 0 Å². The van der Waals surface area contributed by atoms with E-state index in [-0.39, 0.29) is 17.1 Å². The van der Waals surface area contributed by atoms with E-state index in [2.05, 4.69) is 10.4 Å². The van der Waals surface area contributed by atoms with Gasteiger partial charge in [0.25, 0.3) is 0 Å². The molecule has 0 atom stereocenters. The van der Waals surface area contributed by atoms with Gasteiger partial charge in [0.1, 0.15) is 12.6 Å². The van der Waals surface area contributed by atoms with Crippen LogP contribution in [0.25, 0.3) is 0 Å². The van der Waals surface area contributed by atoms with E-state index in [4.69, 9.17) is 16.9 Å². The summed E-state index contributed by atoms with van der Waals surface area (Å²) in [6.45, 7) is -0.381. The quantitative estimate of drug-likeness (QED) is 0.941. The average molecular weight is 329 g/mol. The molecule has 5 nitrogen and oxygen atoms in total. The number of aromatic nitrogens is 2. The van der Waals surface area contributed by atoms with Crippen molar-refractivity contribution in [1.82, 2.24) is 9.78 Å². The molecule has 0 saturated carbocycles. The second-order valence-electron chi connectivity index (χ2n) is 4.25. The molecule has 0 radical (unpaired) electrons. The number of nitrogens with one attached hydrogen (secondary N) is 1. The Bertz CT molecular complexity index is 748. The number of amides is 1. The Hall–Kier alpha value is -2.53. The number of carbonyl (C=O) groups excluding carboxylic acids is 1. The van der Waals surface area contributed by atoms with Gasteiger partial charge < -0.3 is 5.32 Å². The van der Waals surface area contributed by atoms with Gasteiger partial charge in [-0.25, -0.2) is 0 Å². The molecule has 1 aromatic heterocycles. The summed E-state index contributed by atoms with van der Waals surface area (Å²) in [7, 11) is 0. The van der Waals surface area contributed by atoms with Crippen LogP contribution in [0, 0.1) is 11.3 Å². The maximum atomic E-state index is 12.4. The largest absolute Gasteiger partial charge is 0.435 e. The van der Waals surface area contributed by atoms with Crippen molar-refractivity contribution in [3.63, 3.8) is 0 Å². The maximum Gasteiger partial charge on any atom is 0.435 e. The number of anilines is 1. The van der Waals surface area contributed by atoms with Crippen LogP contribution >= 0.6 is 11.6 Å². The monoisotopic (exact) mass is 328 g/mol. The van der Waals surface area contributed by atoms with Gasteiger partial charge in [-0.15, -0.1) is 0 Å². The number of rotatable bonds is 3. The van der Waals surface area contributed by atoms with E-state index < -0.39 is 17.8 Å². The lowest BCUT2D eigenvalue weighted by atomic mass is 10.2. The van der Waals surface area contributed by atoms with Gasteiger partial charge in [-0.1, -0.05) is 11.6 Å². The molecule has 0 spiro atoms. The van der Waals surface area contributed by atoms with E-state index in [1.807, 2.05) is 6.07 Å². The van der Waals surface area contributed by atoms with Crippen LogP contribution in [0.4, 0.5) is 18.9 Å². The van der Waals surface area contributed by atoms with E-state index in [0.29, 0.717) is 5.69 Å². The van der Waals surface area contributed by atoms with Crippen LogP contribution in [0.15, 0.2) is 30.5 Å². The van der Waals surface area contributed by atoms with Crippen molar-refractivity contribution in [2.24, 2.45) is 0 Å². The van der Waals surface area contributed by atoms with Crippen LogP contribution < -0.4 is 5.32 Å². The summed E-state index contributed by atoms with van der Waals surface area (Å²) in [5.41, 5.74) is -0.486. The Labute approximate surface area is 127 Å². The zero-order valence-corrected chi connectivity index (χ0v) is 11.6. The zero-order valence-electron chi connectivity index (χ0n) is 10.9. The molecule has 9 heteroatoms. The number of halogens is 4. The van der Waals surface area contributed by atoms with Crippen molar-refractivity contribution < 1.29 is 18.0 Å². The lowest BCUT2D eigenvalue weighted by Gasteiger charge is -2.06. The van der Waals surface area contributed by atoms with E-state index >= 15 is 0 Å². The first-order valence-electron chi connectivity index (χ1n) is 5.90. The van der Waals surface area contributed by atoms with Crippen molar-refractivity contribution in [3.8, 4) is 6.07 Å². The number of nitriles is 1. The van der Waals surface area contributed by atoms with Gasteiger partial charge in [0.05, 0.1) is 10.6 Å². The molecule has 0 aliphatic carbocycles. The Morgan fingerprint density at radius 2 is 2.14 bits per heavy atom. The summed E-state index contributed by atoms with van der Waals surface area (Å²) in [6, 6.07) is 6.92. The van der Waals surface area contributed by atoms with Gasteiger partial charge in [0, 0.05) is 11.9 Å². The Morgan fingerprint density at radius 1 is 1.41 bits per heavy atom. The minimum Gasteiger partial charge on any atom is -0.324 e. The Kier molecular flexibility index (Phi) is 4.37. The summed E-state index contributed by atoms with van der Waals surface area (Å²) in [5, 5.41) is 14.6. The summed E-state index contributed by atoms with van der Waals surface area (Å²) < 4.78 is 38.0. The predicted molar refractivity (Wildman–Crippen MR) is 72.0 cm³/mol. The first-order chi connectivity index (χ1) is 10.3. The van der Waals surface area contributed by atoms with Gasteiger partial charge in [0.2, 0.25) is 5.91 Å². The maximum absolute atomic E-state index is 12.4. The summed E-state index contributed by atoms with van der Waals surface area (Å²) in [4.78, 5) is 11.7. The summed E-state index contributed by atoms with van der Waals surface area (Å²) in [6.07, 6.45) is -3.49. The first kappa shape index (κ1) is 15.9. The highest BCUT2D eigenvalue weighted by atomic mass is 35.5. The van der Waals surface area contributed by atoms with Crippen molar-refractivity contribution in [2.45, 2.75) is 12.7 Å². The van der Waals surface area contributed by atoms with Gasteiger partial charge in [-0.2, -0.15) is 23.5 Å². The van der Waals surface area contributed by atoms with Crippen LogP contribution in [-0.4, -0.2) is 15.7 Å². The molecule has 1 aromatic carbocycles. The molecule has 22 heavy (non-hydrogen) atoms. The molecule has 114 valence electrons. The fourth-order valence-electron chi connectivity index (χ4n) is 1.63. The van der Waals surface area contributed by atoms with Crippen molar-refractivity contribution in [3.05, 3.63) is 46.7 Å². The normalized spacial score (nSPS) is 11.0. The number of hydrogen-bond acceptors (Lipinski definition) is 3. The Morgan fingerprint density at radius 3 is 2.68 bits per heavy atom. The van der Waals surface area contributed by atoms with Crippen LogP contribution in [0.5, 0.6) is 0 Å². The second kappa shape index (κ2) is 6.07. The standard InChI is InChI=1S/C13H8ClF3N4O/c14-10-5-9(2-1-8(10)6-18)19-12(22)7-21-4-3-11(20-21)13(15,16)17/h1-5H,7H2,(H,19,22). The van der Waals surface area contributed by atoms with E-state index in [9.17, 15) is 18.0 Å². The molecule has 0 aliphatic rings. The third-order valence-electron chi connectivity index (χ3n) is 2.61. The zero-order chi connectivity index (χ0) is 16.3. The number of alkyl halides is 3. The van der Waals surface area contributed by atoms with Gasteiger partial charge in [-0.05, 0) is 24.3 Å². The van der Waals surface area contributed by atoms with E-state index in [1.165, 1.54) is 18.2 Å². The van der Waals surface area contributed by atoms with Crippen LogP contribution in [0.1, 0.15) is 11.3 Å². The molecule has 0 fully saturated rings. The Balaban J connectivity index is 2.03. The fraction of sp³-hybridized carbons (Fsp3) is 0.154. The first-order valence-corrected chi connectivity index (χ1v) is 6.27. The minimum atomic E-state index is -4.55. The fourth-order valence-corrected chi connectivity index (χ4v) is 1.85. The summed E-state index contributed by atoms with van der Waals surface area (Å²) in [5.74, 6) is -0.572. The summed E-state index contributed by atoms with van der Waals surface area (Å²) >= 11 is 5.81. The topological polar surface area (TPSA) is 70.7 Å². The molecule has 2 aromatic rings. The molecule has 1 N–H and O–H groups in total. The van der Waals surface area contributed by atoms with Crippen LogP contribution in [-0.2, 0) is 17.5 Å². The van der Waals surface area contributed by atoms with Crippen molar-refractivity contribution >= 4 is 23.2 Å². The lowest BCUT2D eigenvalue weighted by Crippen LogP contribution is -2.19. The van der Waals surface area contributed by atoms with Crippen LogP contribution in [0.2, 0.25) is 5.02 Å². The smallest absolute Gasteiger partial charge is 0.324 e. The molecule has 0 saturated heterocycles. The third kappa shape index (κ3) is 3.77. The predicted octanol–water partition coefficient (Wildman–Crippen LogP) is 3.07. The number of nitrogens with zero attached hydrogens (tertiary/aromatic N) is 3. The van der Waals surface area contributed by atoms with Gasteiger partial charge in [-0.3, -0.25) is 9.48 Å². The van der Waals surface area contributed by atoms with E-state index in [0.717, 1.165) is 16.9 Å². The van der Waals surface area contributed by atoms with Crippen molar-refractivity contribution in [2.75, 3.05) is 5.32 Å². The number of hydrogen-bond donors (Lipinski definition) is 1. The molecule has 1 heterocycles. The molecule has 0 bridgehead atoms. The highest BCUT2D eigenvalue weighted by Crippen LogP contribution is 2.27. The molecular weight excluding hydrogens is 321 g/mol. The van der Waals surface area contributed by atoms with Gasteiger partial charge >= 0.3 is 6.18 Å². The third-order valence-corrected chi connectivity index (χ3v) is 2.92. The minimum absolute atomic E-state index is 0.166. The molecular formula is C13H8ClF3N4O.